The van der Waals surface area contributed by atoms with Crippen molar-refractivity contribution in [3.8, 4) is 0 Å². The Morgan fingerprint density at radius 2 is 1.53 bits per heavy atom. The molecule has 0 aliphatic carbocycles. The van der Waals surface area contributed by atoms with Crippen LogP contribution in [0.5, 0.6) is 0 Å². The molecular formula is C29H36N2O2S. The molecule has 3 aromatic rings. The van der Waals surface area contributed by atoms with Gasteiger partial charge in [0.2, 0.25) is 11.8 Å². The van der Waals surface area contributed by atoms with E-state index in [1.54, 1.807) is 16.2 Å². The summed E-state index contributed by atoms with van der Waals surface area (Å²) in [5, 5.41) is 2.07. The number of hydrogen-bond donors (Lipinski definition) is 0. The lowest BCUT2D eigenvalue weighted by Gasteiger charge is -2.31. The van der Waals surface area contributed by atoms with Gasteiger partial charge >= 0.3 is 0 Å². The SMILES string of the molecule is CCC(C(=O)N(CC(=O)N(Cc1ccccc1)Cc1sccc1C)CC(C)C)c1ccccc1. The van der Waals surface area contributed by atoms with E-state index in [1.165, 1.54) is 10.4 Å². The zero-order valence-corrected chi connectivity index (χ0v) is 21.6. The Bertz CT molecular complexity index is 1050. The van der Waals surface area contributed by atoms with E-state index in [0.717, 1.165) is 11.1 Å². The standard InChI is InChI=1S/C29H36N2O2S/c1-5-26(25-14-10-7-11-15-25)29(33)31(18-22(2)3)21-28(32)30(19-24-12-8-6-9-13-24)20-27-23(4)16-17-34-27/h6-17,22,26H,5,18-21H2,1-4H3. The minimum absolute atomic E-state index is 0.0198. The summed E-state index contributed by atoms with van der Waals surface area (Å²) in [7, 11) is 0. The van der Waals surface area contributed by atoms with Gasteiger partial charge in [-0.1, -0.05) is 81.4 Å². The maximum atomic E-state index is 13.7. The highest BCUT2D eigenvalue weighted by Gasteiger charge is 2.28. The van der Waals surface area contributed by atoms with Crippen LogP contribution in [0.1, 0.15) is 54.7 Å². The number of thiophene rings is 1. The molecule has 0 spiro atoms. The van der Waals surface area contributed by atoms with Crippen molar-refractivity contribution in [2.24, 2.45) is 5.92 Å². The zero-order valence-electron chi connectivity index (χ0n) is 20.7. The van der Waals surface area contributed by atoms with Crippen LogP contribution in [0.4, 0.5) is 0 Å². The van der Waals surface area contributed by atoms with Gasteiger partial charge in [0.15, 0.2) is 0 Å². The third kappa shape index (κ3) is 7.04. The zero-order chi connectivity index (χ0) is 24.5. The first-order chi connectivity index (χ1) is 16.4. The summed E-state index contributed by atoms with van der Waals surface area (Å²) in [5.41, 5.74) is 3.29. The van der Waals surface area contributed by atoms with Crippen LogP contribution in [-0.4, -0.2) is 34.7 Å². The van der Waals surface area contributed by atoms with Gasteiger partial charge in [-0.15, -0.1) is 11.3 Å². The number of rotatable bonds is 11. The lowest BCUT2D eigenvalue weighted by molar-refractivity contribution is -0.142. The molecule has 0 radical (unpaired) electrons. The van der Waals surface area contributed by atoms with Crippen molar-refractivity contribution in [3.05, 3.63) is 93.7 Å². The maximum Gasteiger partial charge on any atom is 0.242 e. The van der Waals surface area contributed by atoms with Gasteiger partial charge in [0.1, 0.15) is 0 Å². The molecule has 1 unspecified atom stereocenters. The summed E-state index contributed by atoms with van der Waals surface area (Å²) in [5.74, 6) is 0.0401. The van der Waals surface area contributed by atoms with Crippen LogP contribution in [0.25, 0.3) is 0 Å². The summed E-state index contributed by atoms with van der Waals surface area (Å²) in [4.78, 5) is 32.2. The van der Waals surface area contributed by atoms with Crippen molar-refractivity contribution in [3.63, 3.8) is 0 Å². The van der Waals surface area contributed by atoms with E-state index in [2.05, 4.69) is 32.2 Å². The molecule has 1 atom stereocenters. The second-order valence-corrected chi connectivity index (χ2v) is 10.2. The van der Waals surface area contributed by atoms with Gasteiger partial charge in [-0.05, 0) is 47.4 Å². The van der Waals surface area contributed by atoms with Crippen LogP contribution < -0.4 is 0 Å². The van der Waals surface area contributed by atoms with Gasteiger partial charge in [0.25, 0.3) is 0 Å². The molecule has 34 heavy (non-hydrogen) atoms. The highest BCUT2D eigenvalue weighted by Crippen LogP contribution is 2.24. The highest BCUT2D eigenvalue weighted by molar-refractivity contribution is 7.10. The fourth-order valence-corrected chi connectivity index (χ4v) is 5.09. The molecule has 0 fully saturated rings. The molecule has 0 aliphatic heterocycles. The Labute approximate surface area is 208 Å². The Morgan fingerprint density at radius 1 is 0.882 bits per heavy atom. The van der Waals surface area contributed by atoms with Crippen molar-refractivity contribution >= 4 is 23.2 Å². The van der Waals surface area contributed by atoms with Crippen molar-refractivity contribution in [2.75, 3.05) is 13.1 Å². The third-order valence-electron chi connectivity index (χ3n) is 6.00. The van der Waals surface area contributed by atoms with Crippen LogP contribution in [0, 0.1) is 12.8 Å². The Hall–Kier alpha value is -2.92. The first kappa shape index (κ1) is 25.7. The number of hydrogen-bond acceptors (Lipinski definition) is 3. The molecule has 5 heteroatoms. The maximum absolute atomic E-state index is 13.7. The van der Waals surface area contributed by atoms with E-state index in [0.29, 0.717) is 26.1 Å². The number of benzene rings is 2. The van der Waals surface area contributed by atoms with Crippen molar-refractivity contribution < 1.29 is 9.59 Å². The summed E-state index contributed by atoms with van der Waals surface area (Å²) in [6.45, 7) is 10.0. The first-order valence-corrected chi connectivity index (χ1v) is 12.9. The van der Waals surface area contributed by atoms with Gasteiger partial charge in [0, 0.05) is 18.0 Å². The van der Waals surface area contributed by atoms with Crippen LogP contribution in [0.3, 0.4) is 0 Å². The third-order valence-corrected chi connectivity index (χ3v) is 7.01. The van der Waals surface area contributed by atoms with E-state index in [-0.39, 0.29) is 30.2 Å². The number of aryl methyl sites for hydroxylation is 1. The largest absolute Gasteiger partial charge is 0.333 e. The van der Waals surface area contributed by atoms with Crippen LogP contribution in [0.15, 0.2) is 72.1 Å². The van der Waals surface area contributed by atoms with Crippen molar-refractivity contribution in [2.45, 2.75) is 53.1 Å². The normalized spacial score (nSPS) is 11.9. The molecule has 0 saturated heterocycles. The van der Waals surface area contributed by atoms with Gasteiger partial charge in [-0.2, -0.15) is 0 Å². The van der Waals surface area contributed by atoms with Crippen LogP contribution >= 0.6 is 11.3 Å². The van der Waals surface area contributed by atoms with E-state index in [4.69, 9.17) is 0 Å². The average molecular weight is 477 g/mol. The molecule has 2 aromatic carbocycles. The van der Waals surface area contributed by atoms with Crippen LogP contribution in [-0.2, 0) is 22.7 Å². The molecule has 4 nitrogen and oxygen atoms in total. The van der Waals surface area contributed by atoms with E-state index in [9.17, 15) is 9.59 Å². The minimum Gasteiger partial charge on any atom is -0.333 e. The number of nitrogens with zero attached hydrogens (tertiary/aromatic N) is 2. The Kier molecular flexibility index (Phi) is 9.46. The highest BCUT2D eigenvalue weighted by atomic mass is 32.1. The van der Waals surface area contributed by atoms with Crippen molar-refractivity contribution in [1.29, 1.82) is 0 Å². The molecule has 0 saturated carbocycles. The molecule has 0 N–H and O–H groups in total. The monoisotopic (exact) mass is 476 g/mol. The van der Waals surface area contributed by atoms with E-state index in [1.807, 2.05) is 72.5 Å². The lowest BCUT2D eigenvalue weighted by atomic mass is 9.94. The topological polar surface area (TPSA) is 40.6 Å². The number of amides is 2. The summed E-state index contributed by atoms with van der Waals surface area (Å²) in [6.07, 6.45) is 0.702. The second kappa shape index (κ2) is 12.5. The molecule has 0 aliphatic rings. The molecule has 1 heterocycles. The summed E-state index contributed by atoms with van der Waals surface area (Å²) in [6, 6.07) is 22.0. The fourth-order valence-electron chi connectivity index (χ4n) is 4.17. The van der Waals surface area contributed by atoms with Gasteiger partial charge in [0.05, 0.1) is 19.0 Å². The van der Waals surface area contributed by atoms with Gasteiger partial charge in [-0.25, -0.2) is 0 Å². The van der Waals surface area contributed by atoms with Crippen LogP contribution in [0.2, 0.25) is 0 Å². The second-order valence-electron chi connectivity index (χ2n) is 9.25. The molecule has 2 amide bonds. The van der Waals surface area contributed by atoms with Gasteiger partial charge < -0.3 is 9.80 Å². The molecule has 180 valence electrons. The number of carbonyl (C=O) groups excluding carboxylic acids is 2. The van der Waals surface area contributed by atoms with Crippen molar-refractivity contribution in [1.82, 2.24) is 9.80 Å². The van der Waals surface area contributed by atoms with E-state index < -0.39 is 0 Å². The molecule has 3 rings (SSSR count). The molecule has 1 aromatic heterocycles. The molecule has 0 bridgehead atoms. The average Bonchev–Trinajstić information content (AvgIpc) is 3.24. The molecular weight excluding hydrogens is 440 g/mol. The van der Waals surface area contributed by atoms with Gasteiger partial charge in [-0.3, -0.25) is 9.59 Å². The first-order valence-electron chi connectivity index (χ1n) is 12.1. The summed E-state index contributed by atoms with van der Waals surface area (Å²) >= 11 is 1.67. The predicted octanol–water partition coefficient (Wildman–Crippen LogP) is 6.26. The predicted molar refractivity (Wildman–Crippen MR) is 141 cm³/mol. The fraction of sp³-hybridized carbons (Fsp3) is 0.379. The lowest BCUT2D eigenvalue weighted by Crippen LogP contribution is -2.45. The smallest absolute Gasteiger partial charge is 0.242 e. The Balaban J connectivity index is 1.83. The summed E-state index contributed by atoms with van der Waals surface area (Å²) < 4.78 is 0. The quantitative estimate of drug-likeness (QED) is 0.327. The van der Waals surface area contributed by atoms with E-state index >= 15 is 0 Å². The number of carbonyl (C=O) groups is 2. The Morgan fingerprint density at radius 3 is 2.09 bits per heavy atom. The minimum atomic E-state index is -0.241.